The Morgan fingerprint density at radius 3 is 2.07 bits per heavy atom. The number of hydrogen-bond acceptors (Lipinski definition) is 4. The van der Waals surface area contributed by atoms with Crippen molar-refractivity contribution in [3.63, 3.8) is 0 Å². The Balaban J connectivity index is 1.69. The second-order valence-electron chi connectivity index (χ2n) is 9.04. The Hall–Kier alpha value is -1.10. The van der Waals surface area contributed by atoms with Gasteiger partial charge in [0.15, 0.2) is 5.79 Å². The maximum Gasteiger partial charge on any atom is 0.163 e. The van der Waals surface area contributed by atoms with Crippen LogP contribution in [-0.4, -0.2) is 31.7 Å². The molecule has 30 heavy (non-hydrogen) atoms. The van der Waals surface area contributed by atoms with E-state index < -0.39 is 5.79 Å². The summed E-state index contributed by atoms with van der Waals surface area (Å²) in [5.74, 6) is 0.361. The minimum atomic E-state index is -0.510. The predicted octanol–water partition coefficient (Wildman–Crippen LogP) is 7.04. The summed E-state index contributed by atoms with van der Waals surface area (Å²) in [6.45, 7) is 7.44. The molecule has 172 valence electrons. The van der Waals surface area contributed by atoms with Crippen LogP contribution in [0.1, 0.15) is 97.0 Å². The van der Waals surface area contributed by atoms with Crippen molar-refractivity contribution in [3.05, 3.63) is 29.8 Å². The highest BCUT2D eigenvalue weighted by Gasteiger charge is 2.37. The maximum absolute atomic E-state index is 6.32. The zero-order valence-corrected chi connectivity index (χ0v) is 19.8. The molecular formula is C26H44O4. The molecule has 0 amide bonds. The average molecular weight is 421 g/mol. The summed E-state index contributed by atoms with van der Waals surface area (Å²) in [6, 6.07) is 8.08. The Bertz CT molecular complexity index is 555. The lowest BCUT2D eigenvalue weighted by Crippen LogP contribution is -2.33. The first-order valence-corrected chi connectivity index (χ1v) is 12.1. The topological polar surface area (TPSA) is 36.9 Å². The molecule has 0 spiro atoms. The van der Waals surface area contributed by atoms with E-state index in [1.807, 2.05) is 26.0 Å². The van der Waals surface area contributed by atoms with Crippen LogP contribution in [0.25, 0.3) is 0 Å². The van der Waals surface area contributed by atoms with Gasteiger partial charge in [-0.05, 0) is 38.0 Å². The molecule has 2 rings (SSSR count). The second-order valence-corrected chi connectivity index (χ2v) is 9.04. The minimum Gasteiger partial charge on any atom is -0.497 e. The van der Waals surface area contributed by atoms with Crippen LogP contribution in [0.4, 0.5) is 0 Å². The molecule has 1 aliphatic rings. The molecule has 1 saturated heterocycles. The van der Waals surface area contributed by atoms with Crippen LogP contribution in [0.3, 0.4) is 0 Å². The van der Waals surface area contributed by atoms with Crippen molar-refractivity contribution in [2.75, 3.05) is 13.7 Å². The van der Waals surface area contributed by atoms with Crippen molar-refractivity contribution in [2.24, 2.45) is 0 Å². The third kappa shape index (κ3) is 9.80. The van der Waals surface area contributed by atoms with E-state index in [0.29, 0.717) is 13.2 Å². The van der Waals surface area contributed by atoms with Crippen molar-refractivity contribution in [1.29, 1.82) is 0 Å². The van der Waals surface area contributed by atoms with Crippen LogP contribution in [0, 0.1) is 0 Å². The third-order valence-electron chi connectivity index (χ3n) is 5.91. The molecule has 0 aliphatic carbocycles. The molecule has 2 atom stereocenters. The van der Waals surface area contributed by atoms with Gasteiger partial charge in [0.2, 0.25) is 0 Å². The summed E-state index contributed by atoms with van der Waals surface area (Å²) in [5.41, 5.74) is 1.15. The normalized spacial score (nSPS) is 19.1. The number of unbranched alkanes of at least 4 members (excludes halogenated alkanes) is 9. The van der Waals surface area contributed by atoms with E-state index >= 15 is 0 Å². The van der Waals surface area contributed by atoms with Gasteiger partial charge in [0.1, 0.15) is 11.9 Å². The number of ether oxygens (including phenoxy) is 4. The zero-order valence-electron chi connectivity index (χ0n) is 19.8. The van der Waals surface area contributed by atoms with E-state index in [1.54, 1.807) is 7.11 Å². The molecule has 4 heteroatoms. The molecule has 0 aromatic heterocycles. The van der Waals surface area contributed by atoms with Gasteiger partial charge in [0, 0.05) is 0 Å². The van der Waals surface area contributed by atoms with Crippen LogP contribution in [0.15, 0.2) is 24.3 Å². The molecule has 0 bridgehead atoms. The van der Waals surface area contributed by atoms with Crippen molar-refractivity contribution in [2.45, 2.75) is 116 Å². The molecule has 1 aliphatic heterocycles. The van der Waals surface area contributed by atoms with Crippen molar-refractivity contribution < 1.29 is 18.9 Å². The summed E-state index contributed by atoms with van der Waals surface area (Å²) in [5, 5.41) is 0. The highest BCUT2D eigenvalue weighted by atomic mass is 16.7. The Kier molecular flexibility index (Phi) is 11.8. The monoisotopic (exact) mass is 420 g/mol. The fourth-order valence-electron chi connectivity index (χ4n) is 4.03. The lowest BCUT2D eigenvalue weighted by Gasteiger charge is -2.25. The first-order chi connectivity index (χ1) is 14.5. The van der Waals surface area contributed by atoms with Gasteiger partial charge in [0.25, 0.3) is 0 Å². The van der Waals surface area contributed by atoms with Crippen LogP contribution in [0.2, 0.25) is 0 Å². The van der Waals surface area contributed by atoms with Crippen molar-refractivity contribution >= 4 is 0 Å². The van der Waals surface area contributed by atoms with Gasteiger partial charge in [-0.25, -0.2) is 0 Å². The molecule has 0 unspecified atom stereocenters. The molecule has 0 radical (unpaired) electrons. The van der Waals surface area contributed by atoms with Crippen LogP contribution < -0.4 is 4.74 Å². The van der Waals surface area contributed by atoms with Crippen molar-refractivity contribution in [3.8, 4) is 5.75 Å². The molecule has 0 saturated carbocycles. The molecule has 0 N–H and O–H groups in total. The third-order valence-corrected chi connectivity index (χ3v) is 5.91. The molecule has 1 heterocycles. The van der Waals surface area contributed by atoms with Crippen LogP contribution in [0.5, 0.6) is 5.75 Å². The Labute approximate surface area is 184 Å². The van der Waals surface area contributed by atoms with E-state index in [0.717, 1.165) is 17.7 Å². The van der Waals surface area contributed by atoms with Gasteiger partial charge in [0.05, 0.1) is 26.4 Å². The summed E-state index contributed by atoms with van der Waals surface area (Å²) < 4.78 is 23.5. The van der Waals surface area contributed by atoms with E-state index in [1.165, 1.54) is 64.2 Å². The molecule has 1 fully saturated rings. The smallest absolute Gasteiger partial charge is 0.163 e. The van der Waals surface area contributed by atoms with Crippen LogP contribution in [-0.2, 0) is 20.8 Å². The van der Waals surface area contributed by atoms with E-state index in [-0.39, 0.29) is 12.2 Å². The molecule has 1 aromatic carbocycles. The maximum atomic E-state index is 6.32. The van der Waals surface area contributed by atoms with Gasteiger partial charge in [-0.3, -0.25) is 0 Å². The largest absolute Gasteiger partial charge is 0.497 e. The Morgan fingerprint density at radius 1 is 0.933 bits per heavy atom. The predicted molar refractivity (Wildman–Crippen MR) is 123 cm³/mol. The fraction of sp³-hybridized carbons (Fsp3) is 0.769. The number of hydrogen-bond donors (Lipinski definition) is 0. The number of benzene rings is 1. The fourth-order valence-corrected chi connectivity index (χ4v) is 4.03. The highest BCUT2D eigenvalue weighted by Crippen LogP contribution is 2.28. The zero-order chi connectivity index (χ0) is 21.7. The highest BCUT2D eigenvalue weighted by molar-refractivity contribution is 5.26. The van der Waals surface area contributed by atoms with E-state index in [4.69, 9.17) is 18.9 Å². The molecular weight excluding hydrogens is 376 g/mol. The van der Waals surface area contributed by atoms with Crippen LogP contribution >= 0.6 is 0 Å². The van der Waals surface area contributed by atoms with Gasteiger partial charge in [-0.1, -0.05) is 83.3 Å². The second kappa shape index (κ2) is 14.1. The van der Waals surface area contributed by atoms with E-state index in [9.17, 15) is 0 Å². The summed E-state index contributed by atoms with van der Waals surface area (Å²) >= 11 is 0. The number of methoxy groups -OCH3 is 1. The average Bonchev–Trinajstić information content (AvgIpc) is 3.11. The summed E-state index contributed by atoms with van der Waals surface area (Å²) in [6.07, 6.45) is 14.6. The summed E-state index contributed by atoms with van der Waals surface area (Å²) in [7, 11) is 1.69. The van der Waals surface area contributed by atoms with E-state index in [2.05, 4.69) is 19.1 Å². The first-order valence-electron chi connectivity index (χ1n) is 12.1. The van der Waals surface area contributed by atoms with Gasteiger partial charge in [-0.2, -0.15) is 0 Å². The quantitative estimate of drug-likeness (QED) is 0.269. The molecule has 4 nitrogen and oxygen atoms in total. The van der Waals surface area contributed by atoms with Gasteiger partial charge < -0.3 is 18.9 Å². The summed E-state index contributed by atoms with van der Waals surface area (Å²) in [4.78, 5) is 0. The van der Waals surface area contributed by atoms with Gasteiger partial charge in [-0.15, -0.1) is 0 Å². The SMILES string of the molecule is CCCCCCCCCCCC[C@@H](OCc1ccc(OC)cc1)[C@H]1COC(C)(C)O1. The number of rotatable bonds is 16. The lowest BCUT2D eigenvalue weighted by molar-refractivity contribution is -0.158. The Morgan fingerprint density at radius 2 is 1.53 bits per heavy atom. The lowest BCUT2D eigenvalue weighted by atomic mass is 10.0. The standard InChI is InChI=1S/C26H44O4/c1-5-6-7-8-9-10-11-12-13-14-15-24(25-21-29-26(2,3)30-25)28-20-22-16-18-23(27-4)19-17-22/h16-19,24-25H,5-15,20-21H2,1-4H3/t24-,25-/m1/s1. The first kappa shape index (κ1) is 25.2. The van der Waals surface area contributed by atoms with Gasteiger partial charge >= 0.3 is 0 Å². The molecule has 1 aromatic rings. The minimum absolute atomic E-state index is 0.0109. The van der Waals surface area contributed by atoms with Crippen molar-refractivity contribution in [1.82, 2.24) is 0 Å².